The number of nitrogens with zero attached hydrogens (tertiary/aromatic N) is 4. The van der Waals surface area contributed by atoms with Crippen LogP contribution in [0.4, 0.5) is 0 Å². The van der Waals surface area contributed by atoms with Crippen molar-refractivity contribution < 1.29 is 9.59 Å². The smallest absolute Gasteiger partial charge is 0.226 e. The molecule has 0 aliphatic carbocycles. The minimum Gasteiger partial charge on any atom is -0.351 e. The Morgan fingerprint density at radius 1 is 1.36 bits per heavy atom. The molecule has 0 spiro atoms. The number of rotatable bonds is 3. The van der Waals surface area contributed by atoms with Crippen molar-refractivity contribution in [3.8, 4) is 0 Å². The average Bonchev–Trinajstić information content (AvgIpc) is 3.20. The topological polar surface area (TPSA) is 80.1 Å². The molecule has 4 heterocycles. The van der Waals surface area contributed by atoms with E-state index < -0.39 is 0 Å². The molecular formula is C18H21N5O2. The standard InChI is InChI=1S/C18H21N5O2/c1-22-16(24)9-14(17(22)12-3-2-6-19-10-12)18(25)21-13-4-5-15-20-7-8-23(15)11-13/h2-3,6-8,10,13-14,17H,4-5,9,11H2,1H3,(H,21,25)/t13-,14-,17+/m0/s1. The van der Waals surface area contributed by atoms with Crippen LogP contribution >= 0.6 is 0 Å². The zero-order valence-corrected chi connectivity index (χ0v) is 14.1. The second-order valence-electron chi connectivity index (χ2n) is 6.79. The van der Waals surface area contributed by atoms with Gasteiger partial charge in [0.15, 0.2) is 0 Å². The van der Waals surface area contributed by atoms with Crippen LogP contribution in [-0.2, 0) is 22.6 Å². The van der Waals surface area contributed by atoms with E-state index in [1.165, 1.54) is 0 Å². The highest BCUT2D eigenvalue weighted by Gasteiger charge is 2.43. The molecule has 1 fully saturated rings. The van der Waals surface area contributed by atoms with E-state index in [2.05, 4.69) is 19.9 Å². The largest absolute Gasteiger partial charge is 0.351 e. The maximum atomic E-state index is 12.9. The lowest BCUT2D eigenvalue weighted by molar-refractivity contribution is -0.128. The summed E-state index contributed by atoms with van der Waals surface area (Å²) in [7, 11) is 1.76. The van der Waals surface area contributed by atoms with Gasteiger partial charge in [0.25, 0.3) is 0 Å². The second kappa shape index (κ2) is 6.31. The molecule has 130 valence electrons. The molecule has 0 bridgehead atoms. The maximum Gasteiger partial charge on any atom is 0.226 e. The summed E-state index contributed by atoms with van der Waals surface area (Å²) in [5.41, 5.74) is 0.900. The second-order valence-corrected chi connectivity index (χ2v) is 6.79. The molecule has 0 aromatic carbocycles. The summed E-state index contributed by atoms with van der Waals surface area (Å²) in [4.78, 5) is 35.2. The lowest BCUT2D eigenvalue weighted by Gasteiger charge is -2.28. The van der Waals surface area contributed by atoms with Crippen LogP contribution in [0.1, 0.15) is 30.3 Å². The van der Waals surface area contributed by atoms with Crippen molar-refractivity contribution in [2.75, 3.05) is 7.05 Å². The summed E-state index contributed by atoms with van der Waals surface area (Å²) in [6, 6.07) is 3.58. The fraction of sp³-hybridized carbons (Fsp3) is 0.444. The van der Waals surface area contributed by atoms with Gasteiger partial charge in [-0.1, -0.05) is 6.07 Å². The Morgan fingerprint density at radius 2 is 2.24 bits per heavy atom. The van der Waals surface area contributed by atoms with Crippen LogP contribution in [-0.4, -0.2) is 44.3 Å². The van der Waals surface area contributed by atoms with Crippen LogP contribution in [0.3, 0.4) is 0 Å². The van der Waals surface area contributed by atoms with Gasteiger partial charge in [-0.2, -0.15) is 0 Å². The predicted molar refractivity (Wildman–Crippen MR) is 90.3 cm³/mol. The van der Waals surface area contributed by atoms with Gasteiger partial charge in [0.1, 0.15) is 5.82 Å². The fourth-order valence-corrected chi connectivity index (χ4v) is 3.90. The molecule has 0 radical (unpaired) electrons. The van der Waals surface area contributed by atoms with Gasteiger partial charge in [-0.05, 0) is 18.1 Å². The molecule has 2 aliphatic heterocycles. The Balaban J connectivity index is 1.50. The molecule has 2 aliphatic rings. The number of imidazole rings is 1. The van der Waals surface area contributed by atoms with Crippen molar-refractivity contribution in [3.05, 3.63) is 48.3 Å². The third-order valence-electron chi connectivity index (χ3n) is 5.23. The number of hydrogen-bond acceptors (Lipinski definition) is 4. The van der Waals surface area contributed by atoms with Crippen LogP contribution in [0.5, 0.6) is 0 Å². The van der Waals surface area contributed by atoms with E-state index in [1.54, 1.807) is 30.5 Å². The molecule has 25 heavy (non-hydrogen) atoms. The van der Waals surface area contributed by atoms with Gasteiger partial charge in [-0.15, -0.1) is 0 Å². The van der Waals surface area contributed by atoms with Crippen LogP contribution in [0, 0.1) is 5.92 Å². The number of pyridine rings is 1. The van der Waals surface area contributed by atoms with E-state index in [0.717, 1.165) is 30.8 Å². The Labute approximate surface area is 146 Å². The summed E-state index contributed by atoms with van der Waals surface area (Å²) in [5, 5.41) is 3.15. The van der Waals surface area contributed by atoms with Crippen LogP contribution in [0.15, 0.2) is 36.9 Å². The minimum absolute atomic E-state index is 0.00505. The first kappa shape index (κ1) is 15.8. The fourth-order valence-electron chi connectivity index (χ4n) is 3.90. The van der Waals surface area contributed by atoms with Crippen molar-refractivity contribution >= 4 is 11.8 Å². The summed E-state index contributed by atoms with van der Waals surface area (Å²) < 4.78 is 2.08. The average molecular weight is 339 g/mol. The van der Waals surface area contributed by atoms with Gasteiger partial charge < -0.3 is 14.8 Å². The van der Waals surface area contributed by atoms with Gasteiger partial charge in [-0.25, -0.2) is 4.98 Å². The Kier molecular flexibility index (Phi) is 3.99. The van der Waals surface area contributed by atoms with E-state index in [4.69, 9.17) is 0 Å². The highest BCUT2D eigenvalue weighted by Crippen LogP contribution is 2.36. The molecule has 1 N–H and O–H groups in total. The number of carbonyl (C=O) groups is 2. The molecule has 7 heteroatoms. The van der Waals surface area contributed by atoms with E-state index in [0.29, 0.717) is 0 Å². The van der Waals surface area contributed by atoms with E-state index >= 15 is 0 Å². The Hall–Kier alpha value is -2.70. The molecule has 7 nitrogen and oxygen atoms in total. The van der Waals surface area contributed by atoms with Crippen molar-refractivity contribution in [3.63, 3.8) is 0 Å². The highest BCUT2D eigenvalue weighted by molar-refractivity contribution is 5.90. The van der Waals surface area contributed by atoms with E-state index in [-0.39, 0.29) is 36.2 Å². The molecule has 1 saturated heterocycles. The molecule has 2 aromatic heterocycles. The van der Waals surface area contributed by atoms with Gasteiger partial charge in [0.05, 0.1) is 12.0 Å². The number of nitrogens with one attached hydrogen (secondary N) is 1. The first-order chi connectivity index (χ1) is 12.1. The molecule has 2 aromatic rings. The van der Waals surface area contributed by atoms with Crippen molar-refractivity contribution in [2.24, 2.45) is 5.92 Å². The summed E-state index contributed by atoms with van der Waals surface area (Å²) in [5.74, 6) is 0.620. The zero-order chi connectivity index (χ0) is 17.4. The molecule has 0 unspecified atom stereocenters. The minimum atomic E-state index is -0.383. The highest BCUT2D eigenvalue weighted by atomic mass is 16.2. The van der Waals surface area contributed by atoms with Crippen molar-refractivity contribution in [1.82, 2.24) is 24.8 Å². The predicted octanol–water partition coefficient (Wildman–Crippen LogP) is 0.929. The van der Waals surface area contributed by atoms with Gasteiger partial charge in [0, 0.05) is 57.3 Å². The lowest BCUT2D eigenvalue weighted by atomic mass is 9.93. The van der Waals surface area contributed by atoms with Crippen LogP contribution in [0.25, 0.3) is 0 Å². The number of amides is 2. The normalized spacial score (nSPS) is 25.7. The number of hydrogen-bond donors (Lipinski definition) is 1. The molecule has 3 atom stereocenters. The van der Waals surface area contributed by atoms with Crippen LogP contribution in [0.2, 0.25) is 0 Å². The first-order valence-corrected chi connectivity index (χ1v) is 8.59. The lowest BCUT2D eigenvalue weighted by Crippen LogP contribution is -2.44. The monoisotopic (exact) mass is 339 g/mol. The first-order valence-electron chi connectivity index (χ1n) is 8.59. The molecule has 4 rings (SSSR count). The SMILES string of the molecule is CN1C(=O)C[C@H](C(=O)N[C@H]2CCc3nccn3C2)[C@H]1c1cccnc1. The van der Waals surface area contributed by atoms with Gasteiger partial charge >= 0.3 is 0 Å². The number of aromatic nitrogens is 3. The third kappa shape index (κ3) is 2.90. The third-order valence-corrected chi connectivity index (χ3v) is 5.23. The van der Waals surface area contributed by atoms with E-state index in [1.807, 2.05) is 18.3 Å². The summed E-state index contributed by atoms with van der Waals surface area (Å²) >= 11 is 0. The number of carbonyl (C=O) groups excluding carboxylic acids is 2. The summed E-state index contributed by atoms with van der Waals surface area (Å²) in [6.45, 7) is 0.731. The van der Waals surface area contributed by atoms with Crippen molar-refractivity contribution in [2.45, 2.75) is 37.9 Å². The number of aryl methyl sites for hydroxylation is 1. The molecular weight excluding hydrogens is 318 g/mol. The van der Waals surface area contributed by atoms with Crippen LogP contribution < -0.4 is 5.32 Å². The van der Waals surface area contributed by atoms with Gasteiger partial charge in [-0.3, -0.25) is 14.6 Å². The summed E-state index contributed by atoms with van der Waals surface area (Å²) in [6.07, 6.45) is 9.13. The number of fused-ring (bicyclic) bond motifs is 1. The molecule has 0 saturated carbocycles. The van der Waals surface area contributed by atoms with Crippen molar-refractivity contribution in [1.29, 1.82) is 0 Å². The van der Waals surface area contributed by atoms with E-state index in [9.17, 15) is 9.59 Å². The number of likely N-dealkylation sites (tertiary alicyclic amines) is 1. The Morgan fingerprint density at radius 3 is 3.04 bits per heavy atom. The zero-order valence-electron chi connectivity index (χ0n) is 14.1. The maximum absolute atomic E-state index is 12.9. The molecule has 2 amide bonds. The quantitative estimate of drug-likeness (QED) is 0.902. The van der Waals surface area contributed by atoms with Gasteiger partial charge in [0.2, 0.25) is 11.8 Å². The Bertz CT molecular complexity index is 788.